The molecule has 1 N–H and O–H groups in total. The lowest BCUT2D eigenvalue weighted by Gasteiger charge is -2.15. The van der Waals surface area contributed by atoms with Gasteiger partial charge in [0.15, 0.2) is 0 Å². The smallest absolute Gasteiger partial charge is 0.284 e. The van der Waals surface area contributed by atoms with Gasteiger partial charge in [-0.05, 0) is 42.8 Å². The maximum absolute atomic E-state index is 13.5. The molecule has 0 aliphatic rings. The number of benzene rings is 1. The second-order valence-corrected chi connectivity index (χ2v) is 7.58. The summed E-state index contributed by atoms with van der Waals surface area (Å²) in [6.07, 6.45) is 4.40. The van der Waals surface area contributed by atoms with Crippen LogP contribution in [0.1, 0.15) is 28.9 Å². The van der Waals surface area contributed by atoms with E-state index < -0.39 is 23.5 Å². The molecule has 4 rings (SSSR count). The number of carbonyl (C=O) groups is 1. The maximum atomic E-state index is 13.5. The van der Waals surface area contributed by atoms with Crippen molar-refractivity contribution in [1.29, 1.82) is 0 Å². The van der Waals surface area contributed by atoms with Crippen molar-refractivity contribution in [3.8, 4) is 16.9 Å². The van der Waals surface area contributed by atoms with Gasteiger partial charge in [-0.1, -0.05) is 23.7 Å². The summed E-state index contributed by atoms with van der Waals surface area (Å²) in [7, 11) is 1.71. The van der Waals surface area contributed by atoms with E-state index in [1.165, 1.54) is 29.2 Å². The lowest BCUT2D eigenvalue weighted by atomic mass is 10.1. The van der Waals surface area contributed by atoms with E-state index in [9.17, 15) is 14.0 Å². The first-order chi connectivity index (χ1) is 15.3. The predicted molar refractivity (Wildman–Crippen MR) is 117 cm³/mol. The van der Waals surface area contributed by atoms with Gasteiger partial charge in [-0.3, -0.25) is 14.3 Å². The molecule has 10 heteroatoms. The second-order valence-electron chi connectivity index (χ2n) is 7.15. The third-order valence-electron chi connectivity index (χ3n) is 4.83. The van der Waals surface area contributed by atoms with Gasteiger partial charge < -0.3 is 5.32 Å². The summed E-state index contributed by atoms with van der Waals surface area (Å²) in [6, 6.07) is 10.6. The van der Waals surface area contributed by atoms with Crippen LogP contribution in [-0.4, -0.2) is 30.5 Å². The molecule has 3 heterocycles. The Labute approximate surface area is 187 Å². The van der Waals surface area contributed by atoms with E-state index in [4.69, 9.17) is 11.6 Å². The Balaban J connectivity index is 1.77. The first-order valence-electron chi connectivity index (χ1n) is 9.63. The third-order valence-corrected chi connectivity index (χ3v) is 5.08. The molecule has 1 atom stereocenters. The molecular formula is C22H18ClFN6O2. The van der Waals surface area contributed by atoms with Crippen molar-refractivity contribution in [2.75, 3.05) is 0 Å². The number of aryl methyl sites for hydroxylation is 1. The van der Waals surface area contributed by atoms with Gasteiger partial charge in [0.2, 0.25) is 5.95 Å². The monoisotopic (exact) mass is 452 g/mol. The number of halogens is 2. The van der Waals surface area contributed by atoms with Gasteiger partial charge in [0.1, 0.15) is 11.3 Å². The van der Waals surface area contributed by atoms with E-state index in [0.29, 0.717) is 27.5 Å². The van der Waals surface area contributed by atoms with Gasteiger partial charge in [-0.2, -0.15) is 19.3 Å². The number of hydrogen-bond donors (Lipinski definition) is 1. The molecule has 1 amide bonds. The Bertz CT molecular complexity index is 1350. The third kappa shape index (κ3) is 4.42. The SMILES string of the molecule is C[C@H](NC(=O)c1cc(-c2ccc(Cl)cc2)nn(-c2cnn(C)c2)c1=O)c1ccnc(F)c1. The standard InChI is InChI=1S/C22H18ClFN6O2/c1-13(15-7-8-25-20(24)9-15)27-21(31)18-10-19(14-3-5-16(23)6-4-14)28-30(22(18)32)17-11-26-29(2)12-17/h3-13H,1-2H3,(H,27,31)/t13-/m0/s1. The van der Waals surface area contributed by atoms with E-state index in [1.807, 2.05) is 0 Å². The zero-order valence-corrected chi connectivity index (χ0v) is 17.9. The van der Waals surface area contributed by atoms with Gasteiger partial charge in [-0.25, -0.2) is 4.98 Å². The lowest BCUT2D eigenvalue weighted by Crippen LogP contribution is -2.35. The fourth-order valence-corrected chi connectivity index (χ4v) is 3.28. The molecule has 8 nitrogen and oxygen atoms in total. The molecule has 1 aromatic carbocycles. The fourth-order valence-electron chi connectivity index (χ4n) is 3.16. The van der Waals surface area contributed by atoms with Crippen molar-refractivity contribution in [3.63, 3.8) is 0 Å². The molecule has 3 aromatic heterocycles. The van der Waals surface area contributed by atoms with Crippen molar-refractivity contribution in [2.45, 2.75) is 13.0 Å². The Morgan fingerprint density at radius 1 is 1.19 bits per heavy atom. The summed E-state index contributed by atoms with van der Waals surface area (Å²) in [5.41, 5.74) is 1.27. The highest BCUT2D eigenvalue weighted by atomic mass is 35.5. The number of carbonyl (C=O) groups excluding carboxylic acids is 1. The number of pyridine rings is 1. The van der Waals surface area contributed by atoms with Gasteiger partial charge in [-0.15, -0.1) is 0 Å². The average molecular weight is 453 g/mol. The van der Waals surface area contributed by atoms with E-state index in [0.717, 1.165) is 4.68 Å². The number of nitrogens with zero attached hydrogens (tertiary/aromatic N) is 5. The van der Waals surface area contributed by atoms with Crippen molar-refractivity contribution in [2.24, 2.45) is 7.05 Å². The van der Waals surface area contributed by atoms with Crippen LogP contribution in [0.5, 0.6) is 0 Å². The molecule has 0 unspecified atom stereocenters. The van der Waals surface area contributed by atoms with Crippen LogP contribution < -0.4 is 10.9 Å². The molecule has 0 saturated heterocycles. The second kappa shape index (κ2) is 8.72. The minimum atomic E-state index is -0.656. The minimum Gasteiger partial charge on any atom is -0.345 e. The highest BCUT2D eigenvalue weighted by Crippen LogP contribution is 2.21. The molecule has 0 aliphatic carbocycles. The molecule has 0 saturated carbocycles. The van der Waals surface area contributed by atoms with Crippen LogP contribution in [0.2, 0.25) is 5.02 Å². The van der Waals surface area contributed by atoms with Gasteiger partial charge in [0.25, 0.3) is 11.5 Å². The average Bonchev–Trinajstić information content (AvgIpc) is 3.20. The molecule has 4 aromatic rings. The van der Waals surface area contributed by atoms with E-state index in [1.54, 1.807) is 50.5 Å². The molecule has 162 valence electrons. The molecule has 0 aliphatic heterocycles. The molecule has 0 radical (unpaired) electrons. The zero-order chi connectivity index (χ0) is 22.8. The Morgan fingerprint density at radius 3 is 2.59 bits per heavy atom. The highest BCUT2D eigenvalue weighted by Gasteiger charge is 2.20. The van der Waals surface area contributed by atoms with Crippen molar-refractivity contribution in [3.05, 3.63) is 93.5 Å². The number of hydrogen-bond acceptors (Lipinski definition) is 5. The predicted octanol–water partition coefficient (Wildman–Crippen LogP) is 3.31. The van der Waals surface area contributed by atoms with E-state index in [-0.39, 0.29) is 5.56 Å². The summed E-state index contributed by atoms with van der Waals surface area (Å²) < 4.78 is 16.1. The molecule has 0 bridgehead atoms. The first kappa shape index (κ1) is 21.4. The molecular weight excluding hydrogens is 435 g/mol. The van der Waals surface area contributed by atoms with E-state index >= 15 is 0 Å². The first-order valence-corrected chi connectivity index (χ1v) is 10.0. The number of rotatable bonds is 5. The molecule has 32 heavy (non-hydrogen) atoms. The topological polar surface area (TPSA) is 94.7 Å². The van der Waals surface area contributed by atoms with Crippen molar-refractivity contribution < 1.29 is 9.18 Å². The van der Waals surface area contributed by atoms with Crippen LogP contribution in [0, 0.1) is 5.95 Å². The molecule has 0 spiro atoms. The maximum Gasteiger partial charge on any atom is 0.284 e. The van der Waals surface area contributed by atoms with Gasteiger partial charge in [0.05, 0.1) is 24.1 Å². The normalized spacial score (nSPS) is 11.9. The van der Waals surface area contributed by atoms with E-state index in [2.05, 4.69) is 20.5 Å². The van der Waals surface area contributed by atoms with Crippen LogP contribution in [0.4, 0.5) is 4.39 Å². The number of nitrogens with one attached hydrogen (secondary N) is 1. The Kier molecular flexibility index (Phi) is 5.83. The van der Waals surface area contributed by atoms with Crippen LogP contribution in [0.25, 0.3) is 16.9 Å². The summed E-state index contributed by atoms with van der Waals surface area (Å²) in [5, 5.41) is 11.8. The van der Waals surface area contributed by atoms with Crippen LogP contribution in [0.15, 0.2) is 65.8 Å². The summed E-state index contributed by atoms with van der Waals surface area (Å²) in [4.78, 5) is 29.7. The van der Waals surface area contributed by atoms with Crippen LogP contribution in [0.3, 0.4) is 0 Å². The van der Waals surface area contributed by atoms with Gasteiger partial charge in [0, 0.05) is 23.8 Å². The zero-order valence-electron chi connectivity index (χ0n) is 17.2. The summed E-state index contributed by atoms with van der Waals surface area (Å²) in [5.74, 6) is -1.27. The Hall–Kier alpha value is -3.85. The minimum absolute atomic E-state index is 0.116. The number of aromatic nitrogens is 5. The van der Waals surface area contributed by atoms with Crippen LogP contribution in [-0.2, 0) is 7.05 Å². The summed E-state index contributed by atoms with van der Waals surface area (Å²) in [6.45, 7) is 1.69. The van der Waals surface area contributed by atoms with Crippen molar-refractivity contribution >= 4 is 17.5 Å². The Morgan fingerprint density at radius 2 is 1.94 bits per heavy atom. The molecule has 0 fully saturated rings. The van der Waals surface area contributed by atoms with Crippen LogP contribution >= 0.6 is 11.6 Å². The van der Waals surface area contributed by atoms with Gasteiger partial charge >= 0.3 is 0 Å². The summed E-state index contributed by atoms with van der Waals surface area (Å²) >= 11 is 5.98. The largest absolute Gasteiger partial charge is 0.345 e. The lowest BCUT2D eigenvalue weighted by molar-refractivity contribution is 0.0937. The van der Waals surface area contributed by atoms with Crippen molar-refractivity contribution in [1.82, 2.24) is 29.9 Å². The number of amides is 1. The quantitative estimate of drug-likeness (QED) is 0.469. The fraction of sp³-hybridized carbons (Fsp3) is 0.136. The highest BCUT2D eigenvalue weighted by molar-refractivity contribution is 6.30.